The fourth-order valence-corrected chi connectivity index (χ4v) is 3.61. The summed E-state index contributed by atoms with van der Waals surface area (Å²) in [6.45, 7) is 0.529. The Morgan fingerprint density at radius 3 is 2.92 bits per heavy atom. The van der Waals surface area contributed by atoms with Crippen molar-refractivity contribution in [3.63, 3.8) is 0 Å². The molecule has 2 aromatic heterocycles. The maximum atomic E-state index is 12.1. The molecule has 6 nitrogen and oxygen atoms in total. The number of hydrogen-bond acceptors (Lipinski definition) is 4. The number of amides is 2. The maximum absolute atomic E-state index is 12.1. The summed E-state index contributed by atoms with van der Waals surface area (Å²) in [5, 5.41) is 10.3. The molecule has 8 heteroatoms. The van der Waals surface area contributed by atoms with Crippen molar-refractivity contribution in [1.29, 1.82) is 0 Å². The largest absolute Gasteiger partial charge is 0.495 e. The average Bonchev–Trinajstić information content (AvgIpc) is 3.24. The van der Waals surface area contributed by atoms with Gasteiger partial charge in [-0.1, -0.05) is 11.6 Å². The van der Waals surface area contributed by atoms with E-state index >= 15 is 0 Å². The molecule has 1 aromatic carbocycles. The average molecular weight is 391 g/mol. The Morgan fingerprint density at radius 1 is 1.35 bits per heavy atom. The molecular weight excluding hydrogens is 372 g/mol. The van der Waals surface area contributed by atoms with E-state index in [-0.39, 0.29) is 6.03 Å². The third kappa shape index (κ3) is 4.56. The standard InChI is InChI=1S/C18H19ClN4O2S/c1-23-11-12(10-21-23)17-6-4-14(26-17)7-8-20-18(24)22-15-9-13(19)3-5-16(15)25-2/h3-6,9-11H,7-8H2,1-2H3,(H2,20,22,24). The molecule has 136 valence electrons. The van der Waals surface area contributed by atoms with Gasteiger partial charge in [0.25, 0.3) is 0 Å². The van der Waals surface area contributed by atoms with Crippen LogP contribution in [-0.2, 0) is 13.5 Å². The number of nitrogens with zero attached hydrogens (tertiary/aromatic N) is 2. The van der Waals surface area contributed by atoms with Crippen LogP contribution in [0.1, 0.15) is 4.88 Å². The SMILES string of the molecule is COc1ccc(Cl)cc1NC(=O)NCCc1ccc(-c2cnn(C)c2)s1. The number of halogens is 1. The number of rotatable bonds is 6. The fraction of sp³-hybridized carbons (Fsp3) is 0.222. The Bertz CT molecular complexity index is 906. The van der Waals surface area contributed by atoms with E-state index in [0.29, 0.717) is 23.0 Å². The number of methoxy groups -OCH3 is 1. The lowest BCUT2D eigenvalue weighted by atomic mass is 10.3. The number of anilines is 1. The quantitative estimate of drug-likeness (QED) is 0.663. The zero-order chi connectivity index (χ0) is 18.5. The fourth-order valence-electron chi connectivity index (χ4n) is 2.46. The highest BCUT2D eigenvalue weighted by Crippen LogP contribution is 2.28. The second-order valence-corrected chi connectivity index (χ2v) is 7.25. The van der Waals surface area contributed by atoms with Crippen LogP contribution >= 0.6 is 22.9 Å². The molecule has 3 rings (SSSR count). The molecule has 0 unspecified atom stereocenters. The monoisotopic (exact) mass is 390 g/mol. The Morgan fingerprint density at radius 2 is 2.19 bits per heavy atom. The smallest absolute Gasteiger partial charge is 0.319 e. The molecule has 0 atom stereocenters. The van der Waals surface area contributed by atoms with Gasteiger partial charge in [0.15, 0.2) is 0 Å². The molecule has 0 spiro atoms. The Balaban J connectivity index is 1.51. The summed E-state index contributed by atoms with van der Waals surface area (Å²) < 4.78 is 7.00. The summed E-state index contributed by atoms with van der Waals surface area (Å²) >= 11 is 7.66. The first-order valence-electron chi connectivity index (χ1n) is 8.01. The molecule has 0 saturated carbocycles. The normalized spacial score (nSPS) is 10.6. The summed E-state index contributed by atoms with van der Waals surface area (Å²) in [6.07, 6.45) is 4.59. The van der Waals surface area contributed by atoms with Gasteiger partial charge >= 0.3 is 6.03 Å². The first kappa shape index (κ1) is 18.3. The molecule has 2 N–H and O–H groups in total. The van der Waals surface area contributed by atoms with Gasteiger partial charge in [-0.2, -0.15) is 5.10 Å². The predicted octanol–water partition coefficient (Wildman–Crippen LogP) is 4.17. The van der Waals surface area contributed by atoms with E-state index in [1.165, 1.54) is 9.75 Å². The lowest BCUT2D eigenvalue weighted by molar-refractivity contribution is 0.252. The van der Waals surface area contributed by atoms with Crippen molar-refractivity contribution < 1.29 is 9.53 Å². The van der Waals surface area contributed by atoms with Crippen molar-refractivity contribution in [2.75, 3.05) is 19.0 Å². The molecule has 0 saturated heterocycles. The number of aryl methyl sites for hydroxylation is 1. The van der Waals surface area contributed by atoms with Gasteiger partial charge in [0.1, 0.15) is 5.75 Å². The highest BCUT2D eigenvalue weighted by molar-refractivity contribution is 7.15. The number of nitrogens with one attached hydrogen (secondary N) is 2. The summed E-state index contributed by atoms with van der Waals surface area (Å²) in [5.74, 6) is 0.559. The predicted molar refractivity (Wildman–Crippen MR) is 105 cm³/mol. The van der Waals surface area contributed by atoms with Crippen molar-refractivity contribution in [3.05, 3.63) is 52.6 Å². The molecule has 26 heavy (non-hydrogen) atoms. The highest BCUT2D eigenvalue weighted by atomic mass is 35.5. The van der Waals surface area contributed by atoms with Crippen LogP contribution in [-0.4, -0.2) is 29.5 Å². The minimum Gasteiger partial charge on any atom is -0.495 e. The van der Waals surface area contributed by atoms with Crippen LogP contribution in [0.4, 0.5) is 10.5 Å². The van der Waals surface area contributed by atoms with Crippen molar-refractivity contribution in [2.45, 2.75) is 6.42 Å². The molecule has 3 aromatic rings. The third-order valence-electron chi connectivity index (χ3n) is 3.72. The van der Waals surface area contributed by atoms with Crippen LogP contribution in [0.5, 0.6) is 5.75 Å². The van der Waals surface area contributed by atoms with E-state index in [1.54, 1.807) is 41.3 Å². The molecule has 0 aliphatic rings. The number of hydrogen-bond donors (Lipinski definition) is 2. The molecular formula is C18H19ClN4O2S. The van der Waals surface area contributed by atoms with Crippen molar-refractivity contribution >= 4 is 34.7 Å². The van der Waals surface area contributed by atoms with Crippen LogP contribution in [0, 0.1) is 0 Å². The Kier molecular flexibility index (Phi) is 5.80. The summed E-state index contributed by atoms with van der Waals surface area (Å²) in [5.41, 5.74) is 1.63. The van der Waals surface area contributed by atoms with E-state index < -0.39 is 0 Å². The number of urea groups is 1. The Hall–Kier alpha value is -2.51. The van der Waals surface area contributed by atoms with Gasteiger partial charge in [-0.15, -0.1) is 11.3 Å². The second kappa shape index (κ2) is 8.25. The summed E-state index contributed by atoms with van der Waals surface area (Å²) in [7, 11) is 3.44. The van der Waals surface area contributed by atoms with Gasteiger partial charge in [0.2, 0.25) is 0 Å². The molecule has 0 aliphatic heterocycles. The summed E-state index contributed by atoms with van der Waals surface area (Å²) in [6, 6.07) is 8.93. The van der Waals surface area contributed by atoms with Crippen LogP contribution < -0.4 is 15.4 Å². The number of benzene rings is 1. The van der Waals surface area contributed by atoms with Gasteiger partial charge in [0, 0.05) is 40.1 Å². The van der Waals surface area contributed by atoms with Gasteiger partial charge in [-0.3, -0.25) is 4.68 Å². The zero-order valence-electron chi connectivity index (χ0n) is 14.5. The van der Waals surface area contributed by atoms with Crippen LogP contribution in [0.15, 0.2) is 42.7 Å². The number of thiophene rings is 1. The molecule has 2 heterocycles. The first-order valence-corrected chi connectivity index (χ1v) is 9.20. The molecule has 0 radical (unpaired) electrons. The number of ether oxygens (including phenoxy) is 1. The molecule has 0 bridgehead atoms. The van der Waals surface area contributed by atoms with Crippen molar-refractivity contribution in [2.24, 2.45) is 7.05 Å². The second-order valence-electron chi connectivity index (χ2n) is 5.64. The lowest BCUT2D eigenvalue weighted by Gasteiger charge is -2.11. The van der Waals surface area contributed by atoms with Crippen molar-refractivity contribution in [3.8, 4) is 16.2 Å². The van der Waals surface area contributed by atoms with E-state index in [4.69, 9.17) is 16.3 Å². The topological polar surface area (TPSA) is 68.2 Å². The third-order valence-corrected chi connectivity index (χ3v) is 5.15. The summed E-state index contributed by atoms with van der Waals surface area (Å²) in [4.78, 5) is 14.4. The maximum Gasteiger partial charge on any atom is 0.319 e. The zero-order valence-corrected chi connectivity index (χ0v) is 16.0. The number of carbonyl (C=O) groups is 1. The Labute approximate surface area is 160 Å². The molecule has 0 aliphatic carbocycles. The van der Waals surface area contributed by atoms with E-state index in [1.807, 2.05) is 19.4 Å². The molecule has 2 amide bonds. The molecule has 0 fully saturated rings. The minimum absolute atomic E-state index is 0.297. The van der Waals surface area contributed by atoms with E-state index in [0.717, 1.165) is 12.0 Å². The van der Waals surface area contributed by atoms with E-state index in [9.17, 15) is 4.79 Å². The van der Waals surface area contributed by atoms with Gasteiger partial charge in [0.05, 0.1) is 19.0 Å². The highest BCUT2D eigenvalue weighted by Gasteiger charge is 2.09. The minimum atomic E-state index is -0.297. The van der Waals surface area contributed by atoms with Gasteiger partial charge in [-0.05, 0) is 36.8 Å². The van der Waals surface area contributed by atoms with Crippen molar-refractivity contribution in [1.82, 2.24) is 15.1 Å². The van der Waals surface area contributed by atoms with Crippen LogP contribution in [0.25, 0.3) is 10.4 Å². The van der Waals surface area contributed by atoms with Gasteiger partial charge in [-0.25, -0.2) is 4.79 Å². The number of aromatic nitrogens is 2. The first-order chi connectivity index (χ1) is 12.5. The van der Waals surface area contributed by atoms with Crippen LogP contribution in [0.2, 0.25) is 5.02 Å². The van der Waals surface area contributed by atoms with Crippen LogP contribution in [0.3, 0.4) is 0 Å². The lowest BCUT2D eigenvalue weighted by Crippen LogP contribution is -2.30. The number of carbonyl (C=O) groups excluding carboxylic acids is 1. The van der Waals surface area contributed by atoms with E-state index in [2.05, 4.69) is 27.9 Å². The van der Waals surface area contributed by atoms with Gasteiger partial charge < -0.3 is 15.4 Å².